The van der Waals surface area contributed by atoms with Crippen LogP contribution in [0.15, 0.2) is 30.3 Å². The zero-order valence-electron chi connectivity index (χ0n) is 16.8. The summed E-state index contributed by atoms with van der Waals surface area (Å²) in [5.74, 6) is -0.192. The maximum Gasteiger partial charge on any atom is 0.435 e. The number of nitrogens with zero attached hydrogens (tertiary/aromatic N) is 4. The lowest BCUT2D eigenvalue weighted by Crippen LogP contribution is -2.48. The average molecular weight is 448 g/mol. The SMILES string of the molecule is Cc1cc(C(F)(F)F)nn1CCC(=O)N1CCN(Cc2cccc(C(F)(F)F)c2)CC1. The van der Waals surface area contributed by atoms with Crippen LogP contribution < -0.4 is 0 Å². The van der Waals surface area contributed by atoms with Gasteiger partial charge in [-0.1, -0.05) is 18.2 Å². The van der Waals surface area contributed by atoms with Gasteiger partial charge in [0.1, 0.15) is 0 Å². The Bertz CT molecular complexity index is 913. The van der Waals surface area contributed by atoms with Crippen LogP contribution in [0.25, 0.3) is 0 Å². The molecule has 31 heavy (non-hydrogen) atoms. The second-order valence-electron chi connectivity index (χ2n) is 7.50. The van der Waals surface area contributed by atoms with Gasteiger partial charge in [0, 0.05) is 51.4 Å². The maximum absolute atomic E-state index is 12.8. The molecule has 1 aromatic carbocycles. The Morgan fingerprint density at radius 1 is 1.00 bits per heavy atom. The number of hydrogen-bond acceptors (Lipinski definition) is 3. The predicted octanol–water partition coefficient (Wildman–Crippen LogP) is 3.96. The second kappa shape index (κ2) is 8.89. The highest BCUT2D eigenvalue weighted by Gasteiger charge is 2.34. The minimum absolute atomic E-state index is 0.0213. The first-order chi connectivity index (χ1) is 14.4. The number of carbonyl (C=O) groups excluding carboxylic acids is 1. The van der Waals surface area contributed by atoms with E-state index in [1.807, 2.05) is 4.90 Å². The van der Waals surface area contributed by atoms with Gasteiger partial charge in [-0.05, 0) is 24.6 Å². The third-order valence-corrected chi connectivity index (χ3v) is 5.19. The summed E-state index contributed by atoms with van der Waals surface area (Å²) < 4.78 is 77.9. The van der Waals surface area contributed by atoms with E-state index in [1.54, 1.807) is 11.0 Å². The fourth-order valence-corrected chi connectivity index (χ4v) is 3.49. The van der Waals surface area contributed by atoms with Crippen LogP contribution >= 0.6 is 0 Å². The molecule has 170 valence electrons. The predicted molar refractivity (Wildman–Crippen MR) is 99.9 cm³/mol. The Kier molecular flexibility index (Phi) is 6.63. The van der Waals surface area contributed by atoms with Crippen molar-refractivity contribution in [1.82, 2.24) is 19.6 Å². The van der Waals surface area contributed by atoms with Gasteiger partial charge in [-0.25, -0.2) is 0 Å². The van der Waals surface area contributed by atoms with Crippen LogP contribution in [0.1, 0.15) is 28.9 Å². The van der Waals surface area contributed by atoms with Crippen molar-refractivity contribution in [3.63, 3.8) is 0 Å². The Balaban J connectivity index is 1.49. The molecule has 0 radical (unpaired) electrons. The van der Waals surface area contributed by atoms with Gasteiger partial charge in [-0.2, -0.15) is 31.4 Å². The van der Waals surface area contributed by atoms with Gasteiger partial charge in [0.05, 0.1) is 5.56 Å². The molecule has 1 aromatic heterocycles. The number of benzene rings is 1. The molecule has 1 amide bonds. The fourth-order valence-electron chi connectivity index (χ4n) is 3.49. The Morgan fingerprint density at radius 3 is 2.26 bits per heavy atom. The lowest BCUT2D eigenvalue weighted by molar-refractivity contribution is -0.141. The lowest BCUT2D eigenvalue weighted by Gasteiger charge is -2.35. The lowest BCUT2D eigenvalue weighted by atomic mass is 10.1. The summed E-state index contributed by atoms with van der Waals surface area (Å²) >= 11 is 0. The molecule has 3 rings (SSSR count). The Labute approximate surface area is 175 Å². The zero-order valence-corrected chi connectivity index (χ0v) is 16.8. The van der Waals surface area contributed by atoms with Crippen LogP contribution in [0, 0.1) is 6.92 Å². The van der Waals surface area contributed by atoms with Crippen LogP contribution in [-0.4, -0.2) is 51.7 Å². The molecule has 0 atom stereocenters. The molecule has 5 nitrogen and oxygen atoms in total. The van der Waals surface area contributed by atoms with Gasteiger partial charge in [0.15, 0.2) is 5.69 Å². The molecule has 0 aliphatic carbocycles. The summed E-state index contributed by atoms with van der Waals surface area (Å²) in [6, 6.07) is 6.10. The van der Waals surface area contributed by atoms with E-state index in [2.05, 4.69) is 5.10 Å². The average Bonchev–Trinajstić information content (AvgIpc) is 3.07. The molecular weight excluding hydrogens is 426 g/mol. The molecule has 1 aliphatic rings. The highest BCUT2D eigenvalue weighted by atomic mass is 19.4. The van der Waals surface area contributed by atoms with Gasteiger partial charge < -0.3 is 4.90 Å². The minimum atomic E-state index is -4.53. The van der Waals surface area contributed by atoms with Crippen LogP contribution in [0.3, 0.4) is 0 Å². The molecule has 11 heteroatoms. The van der Waals surface area contributed by atoms with Crippen molar-refractivity contribution in [2.45, 2.75) is 38.8 Å². The van der Waals surface area contributed by atoms with Gasteiger partial charge in [-0.15, -0.1) is 0 Å². The summed E-state index contributed by atoms with van der Waals surface area (Å²) in [6.07, 6.45) is -8.90. The van der Waals surface area contributed by atoms with Crippen molar-refractivity contribution in [1.29, 1.82) is 0 Å². The van der Waals surface area contributed by atoms with Gasteiger partial charge >= 0.3 is 12.4 Å². The van der Waals surface area contributed by atoms with Crippen molar-refractivity contribution in [2.75, 3.05) is 26.2 Å². The normalized spacial score (nSPS) is 16.0. The van der Waals surface area contributed by atoms with E-state index in [9.17, 15) is 31.1 Å². The summed E-state index contributed by atoms with van der Waals surface area (Å²) in [5.41, 5.74) is -0.808. The molecule has 1 saturated heterocycles. The summed E-state index contributed by atoms with van der Waals surface area (Å²) in [4.78, 5) is 16.0. The highest BCUT2D eigenvalue weighted by molar-refractivity contribution is 5.76. The summed E-state index contributed by atoms with van der Waals surface area (Å²) in [5, 5.41) is 3.51. The quantitative estimate of drug-likeness (QED) is 0.651. The van der Waals surface area contributed by atoms with E-state index in [4.69, 9.17) is 0 Å². The van der Waals surface area contributed by atoms with Crippen LogP contribution in [0.4, 0.5) is 26.3 Å². The molecule has 0 spiro atoms. The number of aryl methyl sites for hydroxylation is 2. The van der Waals surface area contributed by atoms with Crippen molar-refractivity contribution in [3.8, 4) is 0 Å². The van der Waals surface area contributed by atoms with Crippen molar-refractivity contribution < 1.29 is 31.1 Å². The van der Waals surface area contributed by atoms with Gasteiger partial charge in [0.25, 0.3) is 0 Å². The van der Waals surface area contributed by atoms with Crippen molar-refractivity contribution >= 4 is 5.91 Å². The number of aromatic nitrogens is 2. The highest BCUT2D eigenvalue weighted by Crippen LogP contribution is 2.30. The van der Waals surface area contributed by atoms with E-state index in [-0.39, 0.29) is 18.9 Å². The first kappa shape index (κ1) is 23.1. The summed E-state index contributed by atoms with van der Waals surface area (Å²) in [7, 11) is 0. The first-order valence-electron chi connectivity index (χ1n) is 9.71. The van der Waals surface area contributed by atoms with Crippen LogP contribution in [0.5, 0.6) is 0 Å². The Hall–Kier alpha value is -2.56. The van der Waals surface area contributed by atoms with E-state index < -0.39 is 23.6 Å². The molecule has 2 aromatic rings. The third-order valence-electron chi connectivity index (χ3n) is 5.19. The first-order valence-corrected chi connectivity index (χ1v) is 9.71. The molecule has 0 N–H and O–H groups in total. The van der Waals surface area contributed by atoms with Crippen molar-refractivity contribution in [2.24, 2.45) is 0 Å². The van der Waals surface area contributed by atoms with Crippen LogP contribution in [-0.2, 0) is 30.2 Å². The molecule has 0 unspecified atom stereocenters. The van der Waals surface area contributed by atoms with Crippen molar-refractivity contribution in [3.05, 3.63) is 52.8 Å². The maximum atomic E-state index is 12.8. The standard InChI is InChI=1S/C20H22F6N4O/c1-14-11-17(20(24,25)26)27-30(14)6-5-18(31)29-9-7-28(8-10-29)13-15-3-2-4-16(12-15)19(21,22)23/h2-4,11-12H,5-10,13H2,1H3. The van der Waals surface area contributed by atoms with Crippen LogP contribution in [0.2, 0.25) is 0 Å². The molecule has 1 aliphatic heterocycles. The number of hydrogen-bond donors (Lipinski definition) is 0. The molecule has 0 bridgehead atoms. The van der Waals surface area contributed by atoms with E-state index in [0.29, 0.717) is 44.0 Å². The van der Waals surface area contributed by atoms with E-state index in [0.717, 1.165) is 18.2 Å². The number of rotatable bonds is 5. The molecule has 2 heterocycles. The topological polar surface area (TPSA) is 41.4 Å². The number of carbonyl (C=O) groups is 1. The monoisotopic (exact) mass is 448 g/mol. The second-order valence-corrected chi connectivity index (χ2v) is 7.50. The summed E-state index contributed by atoms with van der Waals surface area (Å²) in [6.45, 7) is 3.71. The Morgan fingerprint density at radius 2 is 1.68 bits per heavy atom. The van der Waals surface area contributed by atoms with E-state index in [1.165, 1.54) is 17.7 Å². The minimum Gasteiger partial charge on any atom is -0.340 e. The zero-order chi connectivity index (χ0) is 22.8. The third kappa shape index (κ3) is 5.99. The smallest absolute Gasteiger partial charge is 0.340 e. The van der Waals surface area contributed by atoms with Gasteiger partial charge in [0.2, 0.25) is 5.91 Å². The van der Waals surface area contributed by atoms with Gasteiger partial charge in [-0.3, -0.25) is 14.4 Å². The number of piperazine rings is 1. The number of amides is 1. The van der Waals surface area contributed by atoms with E-state index >= 15 is 0 Å². The largest absolute Gasteiger partial charge is 0.435 e. The molecular formula is C20H22F6N4O. The number of alkyl halides is 6. The molecule has 1 fully saturated rings. The molecule has 0 saturated carbocycles. The fraction of sp³-hybridized carbons (Fsp3) is 0.500. The number of halogens is 6.